The number of piperidine rings is 1. The van der Waals surface area contributed by atoms with E-state index in [1.165, 1.54) is 45.1 Å². The zero-order chi connectivity index (χ0) is 23.8. The molecule has 0 saturated carbocycles. The summed E-state index contributed by atoms with van der Waals surface area (Å²) in [4.78, 5) is 24.4. The summed E-state index contributed by atoms with van der Waals surface area (Å²) in [6.07, 6.45) is 6.99. The first kappa shape index (κ1) is 23.5. The molecule has 33 heavy (non-hydrogen) atoms. The number of benzene rings is 1. The molecular weight excluding hydrogens is 440 g/mol. The molecule has 0 radical (unpaired) electrons. The van der Waals surface area contributed by atoms with Gasteiger partial charge in [0.05, 0.1) is 6.04 Å². The van der Waals surface area contributed by atoms with Crippen molar-refractivity contribution in [2.24, 2.45) is 18.7 Å². The summed E-state index contributed by atoms with van der Waals surface area (Å²) in [5.41, 5.74) is 9.35. The smallest absolute Gasteiger partial charge is 0.265 e. The van der Waals surface area contributed by atoms with E-state index in [0.717, 1.165) is 18.4 Å². The van der Waals surface area contributed by atoms with Crippen LogP contribution in [0.5, 0.6) is 0 Å². The second-order valence-electron chi connectivity index (χ2n) is 9.18. The molecule has 1 aliphatic heterocycles. The van der Waals surface area contributed by atoms with Gasteiger partial charge in [-0.25, -0.2) is 8.42 Å². The van der Waals surface area contributed by atoms with E-state index in [2.05, 4.69) is 23.5 Å². The molecule has 2 aromatic rings. The number of aromatic nitrogens is 1. The Hall–Kier alpha value is -2.65. The first-order valence-corrected chi connectivity index (χ1v) is 13.0. The minimum atomic E-state index is -3.75. The number of nitrogens with one attached hydrogen (secondary N) is 1. The fourth-order valence-corrected chi connectivity index (χ4v) is 6.41. The fraction of sp³-hybridized carbons (Fsp3) is 0.500. The predicted molar refractivity (Wildman–Crippen MR) is 125 cm³/mol. The van der Waals surface area contributed by atoms with Gasteiger partial charge < -0.3 is 15.6 Å². The summed E-state index contributed by atoms with van der Waals surface area (Å²) >= 11 is 0. The van der Waals surface area contributed by atoms with Crippen molar-refractivity contribution in [1.82, 2.24) is 14.2 Å². The van der Waals surface area contributed by atoms with Gasteiger partial charge in [0.2, 0.25) is 15.9 Å². The topological polar surface area (TPSA) is 114 Å². The molecule has 1 aliphatic carbocycles. The summed E-state index contributed by atoms with van der Waals surface area (Å²) in [6, 6.07) is 7.71. The number of amides is 2. The van der Waals surface area contributed by atoms with Crippen LogP contribution in [0.15, 0.2) is 35.4 Å². The van der Waals surface area contributed by atoms with Crippen LogP contribution in [0.4, 0.5) is 0 Å². The summed E-state index contributed by atoms with van der Waals surface area (Å²) in [5, 5.41) is 3.12. The van der Waals surface area contributed by atoms with Gasteiger partial charge >= 0.3 is 0 Å². The largest absolute Gasteiger partial charge is 0.364 e. The predicted octanol–water partition coefficient (Wildman–Crippen LogP) is 2.28. The summed E-state index contributed by atoms with van der Waals surface area (Å²) in [6.45, 7) is 2.51. The number of sulfonamides is 1. The summed E-state index contributed by atoms with van der Waals surface area (Å²) in [7, 11) is -2.17. The molecule has 2 amide bonds. The van der Waals surface area contributed by atoms with Gasteiger partial charge in [-0.2, -0.15) is 4.31 Å². The molecule has 3 N–H and O–H groups in total. The Kier molecular flexibility index (Phi) is 6.63. The van der Waals surface area contributed by atoms with Gasteiger partial charge in [-0.05, 0) is 68.2 Å². The molecule has 9 heteroatoms. The number of carbonyl (C=O) groups is 2. The average molecular weight is 473 g/mol. The highest BCUT2D eigenvalue weighted by atomic mass is 32.2. The van der Waals surface area contributed by atoms with E-state index in [1.807, 2.05) is 6.92 Å². The van der Waals surface area contributed by atoms with Crippen molar-refractivity contribution in [3.63, 3.8) is 0 Å². The molecule has 2 heterocycles. The molecular formula is C24H32N4O4S. The SMILES string of the molecule is C[C@H](NC(=O)C1CCN(S(=O)(=O)c2cc(C(N)=O)n(C)c2)CC1)c1ccc2c(c1)CCCC2. The van der Waals surface area contributed by atoms with Gasteiger partial charge in [-0.3, -0.25) is 9.59 Å². The zero-order valence-corrected chi connectivity index (χ0v) is 20.0. The minimum absolute atomic E-state index is 0.0343. The summed E-state index contributed by atoms with van der Waals surface area (Å²) < 4.78 is 28.8. The number of hydrogen-bond donors (Lipinski definition) is 2. The third kappa shape index (κ3) is 4.84. The third-order valence-corrected chi connectivity index (χ3v) is 8.79. The number of rotatable bonds is 6. The number of fused-ring (bicyclic) bond motifs is 1. The number of hydrogen-bond acceptors (Lipinski definition) is 4. The first-order valence-electron chi connectivity index (χ1n) is 11.5. The van der Waals surface area contributed by atoms with Crippen LogP contribution in [0.3, 0.4) is 0 Å². The van der Waals surface area contributed by atoms with E-state index in [1.54, 1.807) is 7.05 Å². The Morgan fingerprint density at radius 3 is 2.39 bits per heavy atom. The lowest BCUT2D eigenvalue weighted by molar-refractivity contribution is -0.126. The molecule has 0 bridgehead atoms. The van der Waals surface area contributed by atoms with Gasteiger partial charge in [0.25, 0.3) is 5.91 Å². The number of nitrogens with two attached hydrogens (primary N) is 1. The standard InChI is InChI=1S/C24H32N4O4S/c1-16(19-8-7-17-5-3-4-6-20(17)13-19)26-24(30)18-9-11-28(12-10-18)33(31,32)21-14-22(23(25)29)27(2)15-21/h7-8,13-16,18H,3-6,9-12H2,1-2H3,(H2,25,29)(H,26,30)/t16-/m0/s1. The van der Waals surface area contributed by atoms with Gasteiger partial charge in [-0.15, -0.1) is 0 Å². The first-order chi connectivity index (χ1) is 15.7. The Morgan fingerprint density at radius 1 is 1.09 bits per heavy atom. The van der Waals surface area contributed by atoms with Gasteiger partial charge in [-0.1, -0.05) is 18.2 Å². The normalized spacial score (nSPS) is 18.5. The van der Waals surface area contributed by atoms with Crippen molar-refractivity contribution in [3.8, 4) is 0 Å². The van der Waals surface area contributed by atoms with Gasteiger partial charge in [0.15, 0.2) is 0 Å². The van der Waals surface area contributed by atoms with E-state index in [9.17, 15) is 18.0 Å². The van der Waals surface area contributed by atoms with Crippen LogP contribution in [-0.4, -0.2) is 42.2 Å². The van der Waals surface area contributed by atoms with Crippen LogP contribution >= 0.6 is 0 Å². The highest BCUT2D eigenvalue weighted by molar-refractivity contribution is 7.89. The van der Waals surface area contributed by atoms with Gasteiger partial charge in [0.1, 0.15) is 10.6 Å². The lowest BCUT2D eigenvalue weighted by atomic mass is 9.89. The van der Waals surface area contributed by atoms with E-state index in [4.69, 9.17) is 5.73 Å². The van der Waals surface area contributed by atoms with E-state index < -0.39 is 15.9 Å². The highest BCUT2D eigenvalue weighted by Crippen LogP contribution is 2.27. The van der Waals surface area contributed by atoms with E-state index >= 15 is 0 Å². The Morgan fingerprint density at radius 2 is 1.76 bits per heavy atom. The molecule has 1 aromatic heterocycles. The molecule has 1 fully saturated rings. The number of nitrogens with zero attached hydrogens (tertiary/aromatic N) is 2. The number of aryl methyl sites for hydroxylation is 3. The van der Waals surface area contributed by atoms with Crippen molar-refractivity contribution in [2.75, 3.05) is 13.1 Å². The second kappa shape index (κ2) is 9.30. The van der Waals surface area contributed by atoms with Crippen LogP contribution < -0.4 is 11.1 Å². The monoisotopic (exact) mass is 472 g/mol. The van der Waals surface area contributed by atoms with Crippen molar-refractivity contribution < 1.29 is 18.0 Å². The minimum Gasteiger partial charge on any atom is -0.364 e. The van der Waals surface area contributed by atoms with Crippen molar-refractivity contribution in [1.29, 1.82) is 0 Å². The lowest BCUT2D eigenvalue weighted by Crippen LogP contribution is -2.43. The zero-order valence-electron chi connectivity index (χ0n) is 19.2. The second-order valence-corrected chi connectivity index (χ2v) is 11.1. The number of carbonyl (C=O) groups excluding carboxylic acids is 2. The van der Waals surface area contributed by atoms with Crippen LogP contribution in [0.2, 0.25) is 0 Å². The molecule has 178 valence electrons. The Labute approximate surface area is 195 Å². The molecule has 1 saturated heterocycles. The van der Waals surface area contributed by atoms with Crippen LogP contribution in [0, 0.1) is 5.92 Å². The maximum absolute atomic E-state index is 13.0. The van der Waals surface area contributed by atoms with Gasteiger partial charge in [0, 0.05) is 32.3 Å². The molecule has 2 aliphatic rings. The molecule has 4 rings (SSSR count). The highest BCUT2D eigenvalue weighted by Gasteiger charge is 2.33. The third-order valence-electron chi connectivity index (χ3n) is 6.93. The van der Waals surface area contributed by atoms with Crippen molar-refractivity contribution in [3.05, 3.63) is 52.8 Å². The Balaban J connectivity index is 1.36. The lowest BCUT2D eigenvalue weighted by Gasteiger charge is -2.31. The van der Waals surface area contributed by atoms with Crippen molar-refractivity contribution in [2.45, 2.75) is 56.4 Å². The molecule has 0 spiro atoms. The van der Waals surface area contributed by atoms with Crippen LogP contribution in [-0.2, 0) is 34.7 Å². The molecule has 1 atom stereocenters. The van der Waals surface area contributed by atoms with Crippen LogP contribution in [0.25, 0.3) is 0 Å². The fourth-order valence-electron chi connectivity index (χ4n) is 4.86. The maximum atomic E-state index is 13.0. The van der Waals surface area contributed by atoms with Crippen molar-refractivity contribution >= 4 is 21.8 Å². The van der Waals surface area contributed by atoms with E-state index in [0.29, 0.717) is 12.8 Å². The van der Waals surface area contributed by atoms with E-state index in [-0.39, 0.29) is 41.5 Å². The quantitative estimate of drug-likeness (QED) is 0.671. The molecule has 1 aromatic carbocycles. The Bertz CT molecular complexity index is 1160. The molecule has 8 nitrogen and oxygen atoms in total. The maximum Gasteiger partial charge on any atom is 0.265 e. The summed E-state index contributed by atoms with van der Waals surface area (Å²) in [5.74, 6) is -0.941. The number of primary amides is 1. The average Bonchev–Trinajstić information content (AvgIpc) is 3.21. The molecule has 0 unspecified atom stereocenters. The van der Waals surface area contributed by atoms with Crippen LogP contribution in [0.1, 0.15) is 65.8 Å².